The number of quaternary nitrogens is 1. The minimum atomic E-state index is 0.352. The first-order valence-corrected chi connectivity index (χ1v) is 8.08. The normalized spacial score (nSPS) is 24.4. The van der Waals surface area contributed by atoms with E-state index < -0.39 is 0 Å². The minimum Gasteiger partial charge on any atom is -0.306 e. The van der Waals surface area contributed by atoms with Gasteiger partial charge in [-0.05, 0) is 27.7 Å². The lowest BCUT2D eigenvalue weighted by molar-refractivity contribution is -0.877. The zero-order chi connectivity index (χ0) is 14.8. The zero-order valence-corrected chi connectivity index (χ0v) is 13.6. The second kappa shape index (κ2) is 6.41. The summed E-state index contributed by atoms with van der Waals surface area (Å²) in [5.74, 6) is 0. The Morgan fingerprint density at radius 2 is 1.55 bits per heavy atom. The summed E-state index contributed by atoms with van der Waals surface area (Å²) in [6.45, 7) is 16.4. The van der Waals surface area contributed by atoms with Gasteiger partial charge in [-0.3, -0.25) is 9.80 Å². The molecule has 0 aliphatic carbocycles. The Morgan fingerprint density at radius 3 is 2.00 bits per heavy atom. The van der Waals surface area contributed by atoms with Crippen LogP contribution in [0.5, 0.6) is 0 Å². The van der Waals surface area contributed by atoms with Gasteiger partial charge in [-0.1, -0.05) is 0 Å². The molecule has 0 aromatic rings. The van der Waals surface area contributed by atoms with Crippen molar-refractivity contribution in [2.75, 3.05) is 52.4 Å². The first kappa shape index (κ1) is 15.7. The van der Waals surface area contributed by atoms with E-state index in [0.717, 1.165) is 52.4 Å². The standard InChI is InChI=1S/C15H31N4O/c1-13(2)17-7-9-18(10-8-17)15(20)19(14(3)4)11-5-16-6-12-19/h13-14,16H,5-12H2,1-4H3/q+1. The number of rotatable bonds is 2. The predicted octanol–water partition coefficient (Wildman–Crippen LogP) is 0.961. The highest BCUT2D eigenvalue weighted by Crippen LogP contribution is 2.20. The molecule has 0 bridgehead atoms. The molecule has 2 saturated heterocycles. The van der Waals surface area contributed by atoms with Crippen LogP contribution in [0.15, 0.2) is 0 Å². The van der Waals surface area contributed by atoms with E-state index in [1.165, 1.54) is 0 Å². The Kier molecular flexibility index (Phi) is 5.04. The fraction of sp³-hybridized carbons (Fsp3) is 0.933. The van der Waals surface area contributed by atoms with Crippen molar-refractivity contribution in [3.05, 3.63) is 0 Å². The fourth-order valence-electron chi connectivity index (χ4n) is 3.43. The molecule has 0 aromatic carbocycles. The fourth-order valence-corrected chi connectivity index (χ4v) is 3.43. The highest BCUT2D eigenvalue weighted by atomic mass is 16.2. The summed E-state index contributed by atoms with van der Waals surface area (Å²) < 4.78 is 0.634. The van der Waals surface area contributed by atoms with Crippen LogP contribution in [0.2, 0.25) is 0 Å². The number of piperazine rings is 2. The molecule has 2 fully saturated rings. The predicted molar refractivity (Wildman–Crippen MR) is 81.7 cm³/mol. The Hall–Kier alpha value is -0.650. The lowest BCUT2D eigenvalue weighted by Crippen LogP contribution is -2.69. The van der Waals surface area contributed by atoms with E-state index in [0.29, 0.717) is 22.6 Å². The average molecular weight is 283 g/mol. The van der Waals surface area contributed by atoms with Crippen LogP contribution in [0.1, 0.15) is 27.7 Å². The van der Waals surface area contributed by atoms with Crippen molar-refractivity contribution < 1.29 is 9.28 Å². The summed E-state index contributed by atoms with van der Waals surface area (Å²) in [4.78, 5) is 17.6. The van der Waals surface area contributed by atoms with Crippen molar-refractivity contribution in [1.82, 2.24) is 15.1 Å². The number of carbonyl (C=O) groups is 1. The second-order valence-electron chi connectivity index (χ2n) is 6.72. The van der Waals surface area contributed by atoms with Gasteiger partial charge < -0.3 is 5.32 Å². The number of nitrogens with one attached hydrogen (secondary N) is 1. The van der Waals surface area contributed by atoms with E-state index in [2.05, 4.69) is 42.8 Å². The van der Waals surface area contributed by atoms with Crippen LogP contribution in [0.4, 0.5) is 4.79 Å². The third-order valence-electron chi connectivity index (χ3n) is 5.06. The molecule has 2 heterocycles. The summed E-state index contributed by atoms with van der Waals surface area (Å²) in [6.07, 6.45) is 0. The SMILES string of the molecule is CC(C)N1CCN(C(=O)[N+]2(C(C)C)CCNCC2)CC1. The van der Waals surface area contributed by atoms with E-state index in [-0.39, 0.29) is 0 Å². The third kappa shape index (κ3) is 3.00. The molecule has 0 unspecified atom stereocenters. The third-order valence-corrected chi connectivity index (χ3v) is 5.06. The smallest absolute Gasteiger partial charge is 0.306 e. The average Bonchev–Trinajstić information content (AvgIpc) is 2.47. The molecule has 5 nitrogen and oxygen atoms in total. The maximum absolute atomic E-state index is 13.0. The van der Waals surface area contributed by atoms with Gasteiger partial charge in [0.2, 0.25) is 0 Å². The van der Waals surface area contributed by atoms with Crippen molar-refractivity contribution in [1.29, 1.82) is 0 Å². The number of hydrogen-bond acceptors (Lipinski definition) is 3. The van der Waals surface area contributed by atoms with Crippen molar-refractivity contribution in [2.24, 2.45) is 0 Å². The quantitative estimate of drug-likeness (QED) is 0.767. The number of nitrogens with zero attached hydrogens (tertiary/aromatic N) is 3. The second-order valence-corrected chi connectivity index (χ2v) is 6.72. The number of amides is 2. The van der Waals surface area contributed by atoms with Crippen molar-refractivity contribution in [2.45, 2.75) is 39.8 Å². The van der Waals surface area contributed by atoms with Gasteiger partial charge in [-0.25, -0.2) is 9.28 Å². The Balaban J connectivity index is 2.02. The Labute approximate surface area is 123 Å². The lowest BCUT2D eigenvalue weighted by atomic mass is 10.1. The number of hydrogen-bond donors (Lipinski definition) is 1. The minimum absolute atomic E-state index is 0.352. The largest absolute Gasteiger partial charge is 0.419 e. The molecule has 2 aliphatic rings. The Bertz CT molecular complexity index is 329. The van der Waals surface area contributed by atoms with Gasteiger partial charge in [0.25, 0.3) is 0 Å². The van der Waals surface area contributed by atoms with E-state index >= 15 is 0 Å². The monoisotopic (exact) mass is 283 g/mol. The maximum atomic E-state index is 13.0. The van der Waals surface area contributed by atoms with Crippen LogP contribution >= 0.6 is 0 Å². The molecule has 0 aromatic heterocycles. The molecule has 0 atom stereocenters. The van der Waals surface area contributed by atoms with E-state index in [9.17, 15) is 4.79 Å². The lowest BCUT2D eigenvalue weighted by Gasteiger charge is -2.46. The molecular formula is C15H31N4O+. The van der Waals surface area contributed by atoms with Gasteiger partial charge in [0.1, 0.15) is 13.1 Å². The molecule has 2 rings (SSSR count). The first-order chi connectivity index (χ1) is 9.47. The molecule has 0 radical (unpaired) electrons. The van der Waals surface area contributed by atoms with Crippen LogP contribution in [0, 0.1) is 0 Å². The van der Waals surface area contributed by atoms with Crippen LogP contribution < -0.4 is 5.32 Å². The molecule has 20 heavy (non-hydrogen) atoms. The van der Waals surface area contributed by atoms with Gasteiger partial charge >= 0.3 is 6.03 Å². The van der Waals surface area contributed by atoms with Crippen molar-refractivity contribution >= 4 is 6.03 Å². The summed E-state index contributed by atoms with van der Waals surface area (Å²) in [6, 6.07) is 1.30. The van der Waals surface area contributed by atoms with Crippen LogP contribution in [0.25, 0.3) is 0 Å². The molecule has 0 saturated carbocycles. The van der Waals surface area contributed by atoms with Crippen LogP contribution in [-0.4, -0.2) is 84.8 Å². The molecule has 2 amide bonds. The zero-order valence-electron chi connectivity index (χ0n) is 13.6. The van der Waals surface area contributed by atoms with E-state index in [4.69, 9.17) is 0 Å². The van der Waals surface area contributed by atoms with Gasteiger partial charge in [0.15, 0.2) is 0 Å². The van der Waals surface area contributed by atoms with Crippen molar-refractivity contribution in [3.8, 4) is 0 Å². The van der Waals surface area contributed by atoms with E-state index in [1.807, 2.05) is 0 Å². The van der Waals surface area contributed by atoms with Crippen molar-refractivity contribution in [3.63, 3.8) is 0 Å². The van der Waals surface area contributed by atoms with E-state index in [1.54, 1.807) is 0 Å². The molecule has 116 valence electrons. The molecule has 1 N–H and O–H groups in total. The molecule has 2 aliphatic heterocycles. The Morgan fingerprint density at radius 1 is 1.00 bits per heavy atom. The van der Waals surface area contributed by atoms with Crippen LogP contribution in [-0.2, 0) is 0 Å². The highest BCUT2D eigenvalue weighted by molar-refractivity contribution is 5.67. The molecule has 0 spiro atoms. The van der Waals surface area contributed by atoms with Gasteiger partial charge in [-0.15, -0.1) is 0 Å². The summed E-state index contributed by atoms with van der Waals surface area (Å²) in [5, 5.41) is 3.38. The number of carbonyl (C=O) groups excluding carboxylic acids is 1. The maximum Gasteiger partial charge on any atom is 0.419 e. The summed E-state index contributed by atoms with van der Waals surface area (Å²) >= 11 is 0. The molecule has 5 heteroatoms. The number of urea groups is 1. The van der Waals surface area contributed by atoms with Crippen LogP contribution in [0.3, 0.4) is 0 Å². The summed E-state index contributed by atoms with van der Waals surface area (Å²) in [7, 11) is 0. The highest BCUT2D eigenvalue weighted by Gasteiger charge is 2.44. The molecular weight excluding hydrogens is 252 g/mol. The first-order valence-electron chi connectivity index (χ1n) is 8.08. The topological polar surface area (TPSA) is 35.6 Å². The summed E-state index contributed by atoms with van der Waals surface area (Å²) in [5.41, 5.74) is 0. The van der Waals surface area contributed by atoms with Gasteiger partial charge in [0.05, 0.1) is 6.04 Å². The van der Waals surface area contributed by atoms with Gasteiger partial charge in [-0.2, -0.15) is 0 Å². The van der Waals surface area contributed by atoms with Gasteiger partial charge in [0, 0.05) is 45.3 Å².